The quantitative estimate of drug-likeness (QED) is 0.663. The van der Waals surface area contributed by atoms with Gasteiger partial charge in [0.2, 0.25) is 0 Å². The molecule has 1 aliphatic heterocycles. The molecule has 166 valence electrons. The molecule has 9 heteroatoms. The molecular formula is C22H27N3O5S. The molecule has 31 heavy (non-hydrogen) atoms. The summed E-state index contributed by atoms with van der Waals surface area (Å²) in [7, 11) is 0. The number of likely N-dealkylation sites (tertiary alicyclic amines) is 1. The first-order chi connectivity index (χ1) is 14.7. The molecule has 1 fully saturated rings. The predicted molar refractivity (Wildman–Crippen MR) is 118 cm³/mol. The third kappa shape index (κ3) is 6.52. The Morgan fingerprint density at radius 2 is 1.97 bits per heavy atom. The highest BCUT2D eigenvalue weighted by Gasteiger charge is 2.27. The largest absolute Gasteiger partial charge is 0.449 e. The normalized spacial score (nSPS) is 14.7. The molecule has 1 aromatic heterocycles. The van der Waals surface area contributed by atoms with Crippen LogP contribution in [0, 0.1) is 5.92 Å². The number of nitrogens with zero attached hydrogens (tertiary/aromatic N) is 2. The van der Waals surface area contributed by atoms with Gasteiger partial charge in [-0.2, -0.15) is 0 Å². The van der Waals surface area contributed by atoms with Crippen molar-refractivity contribution >= 4 is 35.5 Å². The maximum absolute atomic E-state index is 12.3. The predicted octanol–water partition coefficient (Wildman–Crippen LogP) is 4.82. The number of aldehydes is 1. The van der Waals surface area contributed by atoms with E-state index in [4.69, 9.17) is 9.47 Å². The summed E-state index contributed by atoms with van der Waals surface area (Å²) in [5.41, 5.74) is 1.14. The summed E-state index contributed by atoms with van der Waals surface area (Å²) in [6, 6.07) is 7.24. The fourth-order valence-electron chi connectivity index (χ4n) is 3.19. The number of piperidine rings is 1. The number of nitrogens with one attached hydrogen (secondary N) is 1. The number of amides is 2. The van der Waals surface area contributed by atoms with E-state index < -0.39 is 11.7 Å². The number of rotatable bonds is 5. The number of carbonyl (C=O) groups is 3. The highest BCUT2D eigenvalue weighted by atomic mass is 32.1. The number of anilines is 1. The second-order valence-corrected chi connectivity index (χ2v) is 9.23. The molecule has 1 aromatic carbocycles. The van der Waals surface area contributed by atoms with Crippen LogP contribution in [-0.4, -0.2) is 53.7 Å². The molecule has 0 unspecified atom stereocenters. The topological polar surface area (TPSA) is 97.8 Å². The van der Waals surface area contributed by atoms with Crippen LogP contribution in [0.4, 0.5) is 15.3 Å². The number of benzene rings is 1. The number of thiazole rings is 1. The molecular weight excluding hydrogens is 418 g/mol. The summed E-state index contributed by atoms with van der Waals surface area (Å²) in [4.78, 5) is 41.3. The molecule has 0 aliphatic carbocycles. The molecule has 2 heterocycles. The minimum atomic E-state index is -0.547. The average Bonchev–Trinajstić information content (AvgIpc) is 3.21. The highest BCUT2D eigenvalue weighted by molar-refractivity contribution is 7.13. The lowest BCUT2D eigenvalue weighted by molar-refractivity contribution is 0.0152. The van der Waals surface area contributed by atoms with Gasteiger partial charge in [0.25, 0.3) is 0 Å². The van der Waals surface area contributed by atoms with E-state index in [1.54, 1.807) is 22.4 Å². The van der Waals surface area contributed by atoms with Gasteiger partial charge in [0.05, 0.1) is 12.3 Å². The molecule has 1 N–H and O–H groups in total. The molecule has 2 aromatic rings. The molecule has 3 rings (SSSR count). The third-order valence-corrected chi connectivity index (χ3v) is 5.65. The lowest BCUT2D eigenvalue weighted by atomic mass is 9.98. The van der Waals surface area contributed by atoms with Crippen LogP contribution >= 0.6 is 11.3 Å². The average molecular weight is 446 g/mol. The zero-order chi connectivity index (χ0) is 22.4. The van der Waals surface area contributed by atoms with Crippen LogP contribution in [0.15, 0.2) is 29.6 Å². The van der Waals surface area contributed by atoms with Crippen molar-refractivity contribution in [3.05, 3.63) is 35.3 Å². The standard InChI is InChI=1S/C22H27N3O5S/c1-22(2,3)30-21(28)25-10-8-15(9-11-25)13-29-20(27)24-18-7-5-4-6-17(18)19-23-16(12-26)14-31-19/h4-7,12,14-15H,8-11,13H2,1-3H3,(H,24,27). The smallest absolute Gasteiger partial charge is 0.411 e. The highest BCUT2D eigenvalue weighted by Crippen LogP contribution is 2.30. The maximum Gasteiger partial charge on any atom is 0.411 e. The van der Waals surface area contributed by atoms with Gasteiger partial charge in [-0.25, -0.2) is 14.6 Å². The van der Waals surface area contributed by atoms with Gasteiger partial charge in [0.15, 0.2) is 6.29 Å². The Morgan fingerprint density at radius 1 is 1.26 bits per heavy atom. The van der Waals surface area contributed by atoms with E-state index in [-0.39, 0.29) is 18.6 Å². The van der Waals surface area contributed by atoms with Crippen LogP contribution in [0.3, 0.4) is 0 Å². The van der Waals surface area contributed by atoms with Crippen molar-refractivity contribution in [3.63, 3.8) is 0 Å². The van der Waals surface area contributed by atoms with Gasteiger partial charge in [-0.1, -0.05) is 12.1 Å². The first-order valence-corrected chi connectivity index (χ1v) is 11.0. The zero-order valence-corrected chi connectivity index (χ0v) is 18.7. The molecule has 0 radical (unpaired) electrons. The van der Waals surface area contributed by atoms with E-state index in [1.165, 1.54) is 11.3 Å². The first-order valence-electron chi connectivity index (χ1n) is 10.2. The van der Waals surface area contributed by atoms with Crippen LogP contribution in [0.5, 0.6) is 0 Å². The number of para-hydroxylation sites is 1. The molecule has 0 saturated carbocycles. The van der Waals surface area contributed by atoms with E-state index in [2.05, 4.69) is 10.3 Å². The van der Waals surface area contributed by atoms with E-state index in [9.17, 15) is 14.4 Å². The zero-order valence-electron chi connectivity index (χ0n) is 17.9. The summed E-state index contributed by atoms with van der Waals surface area (Å²) in [5.74, 6) is 0.189. The van der Waals surface area contributed by atoms with Crippen molar-refractivity contribution in [2.75, 3.05) is 25.0 Å². The van der Waals surface area contributed by atoms with Gasteiger partial charge < -0.3 is 14.4 Å². The van der Waals surface area contributed by atoms with Crippen molar-refractivity contribution in [2.24, 2.45) is 5.92 Å². The fraction of sp³-hybridized carbons (Fsp3) is 0.455. The molecule has 1 aliphatic rings. The molecule has 1 saturated heterocycles. The van der Waals surface area contributed by atoms with Gasteiger partial charge in [-0.05, 0) is 51.7 Å². The Hall–Kier alpha value is -2.94. The van der Waals surface area contributed by atoms with Gasteiger partial charge in [0.1, 0.15) is 16.3 Å². The molecule has 8 nitrogen and oxygen atoms in total. The van der Waals surface area contributed by atoms with Crippen molar-refractivity contribution in [1.82, 2.24) is 9.88 Å². The van der Waals surface area contributed by atoms with E-state index >= 15 is 0 Å². The second-order valence-electron chi connectivity index (χ2n) is 8.38. The third-order valence-electron chi connectivity index (χ3n) is 4.75. The minimum Gasteiger partial charge on any atom is -0.449 e. The monoisotopic (exact) mass is 445 g/mol. The van der Waals surface area contributed by atoms with Crippen molar-refractivity contribution in [1.29, 1.82) is 0 Å². The van der Waals surface area contributed by atoms with E-state index in [0.717, 1.165) is 18.4 Å². The van der Waals surface area contributed by atoms with Crippen molar-refractivity contribution < 1.29 is 23.9 Å². The lowest BCUT2D eigenvalue weighted by Gasteiger charge is -2.33. The Morgan fingerprint density at radius 3 is 2.61 bits per heavy atom. The molecule has 0 spiro atoms. The van der Waals surface area contributed by atoms with Crippen LogP contribution in [0.2, 0.25) is 0 Å². The first kappa shape index (κ1) is 22.7. The second kappa shape index (κ2) is 9.91. The Bertz CT molecular complexity index is 929. The van der Waals surface area contributed by atoms with Gasteiger partial charge in [0, 0.05) is 24.0 Å². The van der Waals surface area contributed by atoms with Crippen LogP contribution < -0.4 is 5.32 Å². The van der Waals surface area contributed by atoms with E-state index in [1.807, 2.05) is 32.9 Å². The maximum atomic E-state index is 12.3. The summed E-state index contributed by atoms with van der Waals surface area (Å²) >= 11 is 1.33. The minimum absolute atomic E-state index is 0.189. The van der Waals surface area contributed by atoms with Crippen LogP contribution in [0.1, 0.15) is 44.1 Å². The Kier molecular flexibility index (Phi) is 7.27. The summed E-state index contributed by atoms with van der Waals surface area (Å²) in [6.07, 6.45) is 1.33. The van der Waals surface area contributed by atoms with Gasteiger partial charge in [-0.15, -0.1) is 11.3 Å². The number of aromatic nitrogens is 1. The lowest BCUT2D eigenvalue weighted by Crippen LogP contribution is -2.42. The SMILES string of the molecule is CC(C)(C)OC(=O)N1CCC(COC(=O)Nc2ccccc2-c2nc(C=O)cs2)CC1. The van der Waals surface area contributed by atoms with Crippen molar-refractivity contribution in [3.8, 4) is 10.6 Å². The summed E-state index contributed by atoms with van der Waals surface area (Å²) in [6.45, 7) is 6.98. The summed E-state index contributed by atoms with van der Waals surface area (Å²) < 4.78 is 10.8. The number of carbonyl (C=O) groups excluding carboxylic acids is 3. The number of hydrogen-bond donors (Lipinski definition) is 1. The molecule has 2 amide bonds. The van der Waals surface area contributed by atoms with Crippen LogP contribution in [-0.2, 0) is 9.47 Å². The van der Waals surface area contributed by atoms with Gasteiger partial charge in [-0.3, -0.25) is 10.1 Å². The Labute approximate surface area is 185 Å². The number of ether oxygens (including phenoxy) is 2. The van der Waals surface area contributed by atoms with Gasteiger partial charge >= 0.3 is 12.2 Å². The summed E-state index contributed by atoms with van der Waals surface area (Å²) in [5, 5.41) is 5.07. The number of hydrogen-bond acceptors (Lipinski definition) is 7. The fourth-order valence-corrected chi connectivity index (χ4v) is 3.99. The van der Waals surface area contributed by atoms with Crippen LogP contribution in [0.25, 0.3) is 10.6 Å². The van der Waals surface area contributed by atoms with Crippen molar-refractivity contribution in [2.45, 2.75) is 39.2 Å². The van der Waals surface area contributed by atoms with E-state index in [0.29, 0.717) is 35.8 Å². The molecule has 0 atom stereocenters. The molecule has 0 bridgehead atoms. The Balaban J connectivity index is 1.49.